The van der Waals surface area contributed by atoms with Crippen molar-refractivity contribution in [1.29, 1.82) is 5.26 Å². The molecule has 4 heteroatoms. The molecule has 17 heavy (non-hydrogen) atoms. The fourth-order valence-electron chi connectivity index (χ4n) is 1.73. The first-order valence-corrected chi connectivity index (χ1v) is 6.26. The van der Waals surface area contributed by atoms with Crippen LogP contribution in [0.25, 0.3) is 0 Å². The van der Waals surface area contributed by atoms with Crippen LogP contribution in [0.2, 0.25) is 0 Å². The summed E-state index contributed by atoms with van der Waals surface area (Å²) in [5, 5.41) is 8.79. The number of halogens is 1. The number of benzene rings is 1. The molecule has 0 unspecified atom stereocenters. The molecule has 0 amide bonds. The van der Waals surface area contributed by atoms with Gasteiger partial charge in [0.05, 0.1) is 19.1 Å². The molecule has 0 fully saturated rings. The topological polar surface area (TPSA) is 36.3 Å². The summed E-state index contributed by atoms with van der Waals surface area (Å²) in [5.41, 5.74) is 1.12. The van der Waals surface area contributed by atoms with Crippen molar-refractivity contribution in [2.24, 2.45) is 5.92 Å². The van der Waals surface area contributed by atoms with E-state index in [4.69, 9.17) is 10.00 Å². The third kappa shape index (κ3) is 4.37. The van der Waals surface area contributed by atoms with Gasteiger partial charge in [-0.3, -0.25) is 0 Å². The predicted molar refractivity (Wildman–Crippen MR) is 71.8 cm³/mol. The smallest absolute Gasteiger partial charge is 0.123 e. The van der Waals surface area contributed by atoms with Crippen molar-refractivity contribution < 1.29 is 4.74 Å². The third-order valence-corrected chi connectivity index (χ3v) is 2.98. The van der Waals surface area contributed by atoms with Crippen LogP contribution in [0.5, 0.6) is 5.75 Å². The first-order chi connectivity index (χ1) is 8.06. The van der Waals surface area contributed by atoms with Crippen molar-refractivity contribution in [1.82, 2.24) is 4.90 Å². The van der Waals surface area contributed by atoms with Crippen LogP contribution in [-0.4, -0.2) is 25.6 Å². The molecular weight excluding hydrogens is 280 g/mol. The lowest BCUT2D eigenvalue weighted by atomic mass is 10.1. The second-order valence-electron chi connectivity index (χ2n) is 4.18. The summed E-state index contributed by atoms with van der Waals surface area (Å²) in [4.78, 5) is 2.12. The van der Waals surface area contributed by atoms with E-state index in [1.165, 1.54) is 0 Å². The second kappa shape index (κ2) is 6.63. The Balaban J connectivity index is 2.73. The van der Waals surface area contributed by atoms with Gasteiger partial charge in [-0.15, -0.1) is 0 Å². The molecule has 0 saturated carbocycles. The highest BCUT2D eigenvalue weighted by atomic mass is 79.9. The normalized spacial score (nSPS) is 12.2. The Labute approximate surface area is 111 Å². The van der Waals surface area contributed by atoms with Crippen LogP contribution in [0.4, 0.5) is 0 Å². The highest BCUT2D eigenvalue weighted by molar-refractivity contribution is 9.10. The molecule has 0 aliphatic carbocycles. The molecule has 0 heterocycles. The number of rotatable bonds is 5. The summed E-state index contributed by atoms with van der Waals surface area (Å²) in [6.45, 7) is 3.45. The highest BCUT2D eigenvalue weighted by Crippen LogP contribution is 2.24. The average Bonchev–Trinajstić information content (AvgIpc) is 2.29. The van der Waals surface area contributed by atoms with Crippen molar-refractivity contribution in [2.75, 3.05) is 20.7 Å². The zero-order valence-electron chi connectivity index (χ0n) is 10.4. The molecule has 0 radical (unpaired) electrons. The van der Waals surface area contributed by atoms with Crippen LogP contribution in [-0.2, 0) is 6.54 Å². The Morgan fingerprint density at radius 1 is 1.53 bits per heavy atom. The van der Waals surface area contributed by atoms with Gasteiger partial charge in [0.2, 0.25) is 0 Å². The summed E-state index contributed by atoms with van der Waals surface area (Å²) in [5.74, 6) is 0.919. The zero-order chi connectivity index (χ0) is 12.8. The molecule has 1 aromatic rings. The van der Waals surface area contributed by atoms with E-state index in [9.17, 15) is 0 Å². The predicted octanol–water partition coefficient (Wildman–Crippen LogP) is 3.05. The highest BCUT2D eigenvalue weighted by Gasteiger charge is 2.09. The van der Waals surface area contributed by atoms with E-state index in [-0.39, 0.29) is 5.92 Å². The van der Waals surface area contributed by atoms with Gasteiger partial charge in [0, 0.05) is 23.1 Å². The van der Waals surface area contributed by atoms with Gasteiger partial charge in [0.15, 0.2) is 0 Å². The minimum atomic E-state index is 0.0400. The fourth-order valence-corrected chi connectivity index (χ4v) is 2.14. The van der Waals surface area contributed by atoms with Gasteiger partial charge >= 0.3 is 0 Å². The number of ether oxygens (including phenoxy) is 1. The van der Waals surface area contributed by atoms with Crippen molar-refractivity contribution in [3.05, 3.63) is 28.2 Å². The lowest BCUT2D eigenvalue weighted by Gasteiger charge is -2.19. The maximum Gasteiger partial charge on any atom is 0.123 e. The van der Waals surface area contributed by atoms with Crippen LogP contribution in [0.1, 0.15) is 12.5 Å². The summed E-state index contributed by atoms with van der Waals surface area (Å²) < 4.78 is 6.36. The van der Waals surface area contributed by atoms with E-state index >= 15 is 0 Å². The van der Waals surface area contributed by atoms with Gasteiger partial charge in [-0.1, -0.05) is 15.9 Å². The largest absolute Gasteiger partial charge is 0.496 e. The molecule has 1 aromatic carbocycles. The van der Waals surface area contributed by atoms with Crippen LogP contribution in [0.15, 0.2) is 22.7 Å². The van der Waals surface area contributed by atoms with Crippen LogP contribution in [0.3, 0.4) is 0 Å². The average molecular weight is 297 g/mol. The maximum absolute atomic E-state index is 8.79. The van der Waals surface area contributed by atoms with E-state index in [1.807, 2.05) is 32.2 Å². The van der Waals surface area contributed by atoms with Gasteiger partial charge in [0.1, 0.15) is 5.75 Å². The summed E-state index contributed by atoms with van der Waals surface area (Å²) in [6.07, 6.45) is 0. The van der Waals surface area contributed by atoms with E-state index in [1.54, 1.807) is 7.11 Å². The molecule has 0 aromatic heterocycles. The van der Waals surface area contributed by atoms with Gasteiger partial charge in [-0.25, -0.2) is 0 Å². The Morgan fingerprint density at radius 2 is 2.24 bits per heavy atom. The number of hydrogen-bond donors (Lipinski definition) is 0. The molecule has 0 aliphatic rings. The van der Waals surface area contributed by atoms with Crippen LogP contribution < -0.4 is 4.74 Å². The minimum Gasteiger partial charge on any atom is -0.496 e. The van der Waals surface area contributed by atoms with Gasteiger partial charge in [-0.2, -0.15) is 5.26 Å². The molecule has 0 bridgehead atoms. The zero-order valence-corrected chi connectivity index (χ0v) is 12.0. The minimum absolute atomic E-state index is 0.0400. The van der Waals surface area contributed by atoms with Crippen LogP contribution >= 0.6 is 15.9 Å². The van der Waals surface area contributed by atoms with Crippen molar-refractivity contribution in [3.63, 3.8) is 0 Å². The van der Waals surface area contributed by atoms with Gasteiger partial charge in [0.25, 0.3) is 0 Å². The maximum atomic E-state index is 8.79. The molecule has 0 saturated heterocycles. The van der Waals surface area contributed by atoms with Crippen molar-refractivity contribution in [2.45, 2.75) is 13.5 Å². The lowest BCUT2D eigenvalue weighted by molar-refractivity contribution is 0.296. The Hall–Kier alpha value is -1.05. The van der Waals surface area contributed by atoms with Gasteiger partial charge < -0.3 is 9.64 Å². The number of methoxy groups -OCH3 is 1. The van der Waals surface area contributed by atoms with Crippen molar-refractivity contribution >= 4 is 15.9 Å². The number of nitriles is 1. The molecule has 1 atom stereocenters. The lowest BCUT2D eigenvalue weighted by Crippen LogP contribution is -2.23. The van der Waals surface area contributed by atoms with E-state index in [2.05, 4.69) is 26.9 Å². The summed E-state index contributed by atoms with van der Waals surface area (Å²) >= 11 is 3.45. The fraction of sp³-hybridized carbons (Fsp3) is 0.462. The van der Waals surface area contributed by atoms with E-state index in [0.29, 0.717) is 0 Å². The molecule has 0 spiro atoms. The Kier molecular flexibility index (Phi) is 5.46. The van der Waals surface area contributed by atoms with Crippen molar-refractivity contribution in [3.8, 4) is 11.8 Å². The Morgan fingerprint density at radius 3 is 2.82 bits per heavy atom. The number of nitrogens with zero attached hydrogens (tertiary/aromatic N) is 2. The molecule has 92 valence electrons. The summed E-state index contributed by atoms with van der Waals surface area (Å²) in [6, 6.07) is 8.19. The van der Waals surface area contributed by atoms with E-state index in [0.717, 1.165) is 28.9 Å². The first kappa shape index (κ1) is 14.0. The first-order valence-electron chi connectivity index (χ1n) is 5.47. The van der Waals surface area contributed by atoms with Gasteiger partial charge in [-0.05, 0) is 32.2 Å². The third-order valence-electron chi connectivity index (χ3n) is 2.49. The molecular formula is C13H17BrN2O. The SMILES string of the molecule is COc1ccc(Br)cc1CN(C)C[C@H](C)C#N. The molecule has 0 N–H and O–H groups in total. The second-order valence-corrected chi connectivity index (χ2v) is 5.10. The monoisotopic (exact) mass is 296 g/mol. The molecule has 0 aliphatic heterocycles. The standard InChI is InChI=1S/C13H17BrN2O/c1-10(7-15)8-16(2)9-11-6-12(14)4-5-13(11)17-3/h4-6,10H,8-9H2,1-3H3/t10-/m1/s1. The quantitative estimate of drug-likeness (QED) is 0.838. The summed E-state index contributed by atoms with van der Waals surface area (Å²) in [7, 11) is 3.68. The van der Waals surface area contributed by atoms with Crippen LogP contribution in [0, 0.1) is 17.2 Å². The Bertz CT molecular complexity index is 414. The number of hydrogen-bond acceptors (Lipinski definition) is 3. The van der Waals surface area contributed by atoms with E-state index < -0.39 is 0 Å². The molecule has 3 nitrogen and oxygen atoms in total. The molecule has 1 rings (SSSR count).